The van der Waals surface area contributed by atoms with Crippen molar-refractivity contribution in [1.82, 2.24) is 4.90 Å². The van der Waals surface area contributed by atoms with E-state index in [-0.39, 0.29) is 0 Å². The fraction of sp³-hybridized carbons (Fsp3) is 0.391. The van der Waals surface area contributed by atoms with E-state index in [9.17, 15) is 0 Å². The second kappa shape index (κ2) is 13.4. The van der Waals surface area contributed by atoms with Gasteiger partial charge in [0.2, 0.25) is 0 Å². The number of nitrogens with zero attached hydrogens (tertiary/aromatic N) is 1. The van der Waals surface area contributed by atoms with Crippen LogP contribution in [0.1, 0.15) is 54.4 Å². The van der Waals surface area contributed by atoms with E-state index in [2.05, 4.69) is 76.8 Å². The number of allylic oxidation sites excluding steroid dienone is 8. The molecule has 1 atom stereocenters. The van der Waals surface area contributed by atoms with Gasteiger partial charge in [-0.3, -0.25) is 0 Å². The van der Waals surface area contributed by atoms with E-state index in [1.807, 2.05) is 27.0 Å². The molecule has 0 N–H and O–H groups in total. The minimum atomic E-state index is 0.532. The second-order valence-corrected chi connectivity index (χ2v) is 5.65. The monoisotopic (exact) mass is 327 g/mol. The van der Waals surface area contributed by atoms with Crippen LogP contribution in [-0.4, -0.2) is 4.90 Å². The number of rotatable bonds is 6. The third kappa shape index (κ3) is 8.01. The molecule has 0 aliphatic heterocycles. The van der Waals surface area contributed by atoms with Crippen LogP contribution in [0.25, 0.3) is 0 Å². The van der Waals surface area contributed by atoms with Gasteiger partial charge in [-0.25, -0.2) is 0 Å². The number of hydrogen-bond acceptors (Lipinski definition) is 1. The first-order valence-corrected chi connectivity index (χ1v) is 8.64. The summed E-state index contributed by atoms with van der Waals surface area (Å²) in [5.41, 5.74) is 5.92. The molecular formula is C23H37N. The first-order valence-electron chi connectivity index (χ1n) is 8.64. The lowest BCUT2D eigenvalue weighted by atomic mass is 9.90. The molecule has 0 spiro atoms. The summed E-state index contributed by atoms with van der Waals surface area (Å²) in [6, 6.07) is 0. The molecular weight excluding hydrogens is 290 g/mol. The SMILES string of the molecule is C=C.C=CN(C(=C)C)/C(CC1C=CC(C)=CC1)=C(\C)C(=C)C.CC. The molecule has 0 radical (unpaired) electrons. The van der Waals surface area contributed by atoms with Gasteiger partial charge in [0.1, 0.15) is 0 Å². The van der Waals surface area contributed by atoms with E-state index >= 15 is 0 Å². The highest BCUT2D eigenvalue weighted by molar-refractivity contribution is 5.33. The van der Waals surface area contributed by atoms with Gasteiger partial charge < -0.3 is 4.90 Å². The van der Waals surface area contributed by atoms with Crippen LogP contribution in [-0.2, 0) is 0 Å². The predicted octanol–water partition coefficient (Wildman–Crippen LogP) is 7.56. The van der Waals surface area contributed by atoms with E-state index in [1.54, 1.807) is 0 Å². The molecule has 1 rings (SSSR count). The van der Waals surface area contributed by atoms with Gasteiger partial charge in [0.15, 0.2) is 0 Å². The average Bonchev–Trinajstić information content (AvgIpc) is 2.59. The summed E-state index contributed by atoms with van der Waals surface area (Å²) in [6.07, 6.45) is 10.7. The Morgan fingerprint density at radius 1 is 1.21 bits per heavy atom. The molecule has 0 aromatic carbocycles. The van der Waals surface area contributed by atoms with Gasteiger partial charge in [-0.2, -0.15) is 0 Å². The lowest BCUT2D eigenvalue weighted by molar-refractivity contribution is 0.495. The van der Waals surface area contributed by atoms with Crippen LogP contribution in [0.3, 0.4) is 0 Å². The van der Waals surface area contributed by atoms with Gasteiger partial charge in [-0.05, 0) is 52.0 Å². The summed E-state index contributed by atoms with van der Waals surface area (Å²) in [5, 5.41) is 0. The maximum absolute atomic E-state index is 4.08. The molecule has 0 fully saturated rings. The minimum absolute atomic E-state index is 0.532. The third-order valence-electron chi connectivity index (χ3n) is 3.79. The van der Waals surface area contributed by atoms with Crippen molar-refractivity contribution in [2.75, 3.05) is 0 Å². The molecule has 1 aliphatic rings. The Morgan fingerprint density at radius 2 is 1.75 bits per heavy atom. The van der Waals surface area contributed by atoms with Crippen LogP contribution in [0.15, 0.2) is 85.4 Å². The molecule has 0 heterocycles. The molecule has 0 bridgehead atoms. The Kier molecular flexibility index (Phi) is 13.6. The van der Waals surface area contributed by atoms with Crippen molar-refractivity contribution in [3.63, 3.8) is 0 Å². The van der Waals surface area contributed by atoms with Crippen LogP contribution in [0.4, 0.5) is 0 Å². The second-order valence-electron chi connectivity index (χ2n) is 5.65. The molecule has 1 aliphatic carbocycles. The van der Waals surface area contributed by atoms with Crippen molar-refractivity contribution in [1.29, 1.82) is 0 Å². The quantitative estimate of drug-likeness (QED) is 0.359. The van der Waals surface area contributed by atoms with Gasteiger partial charge >= 0.3 is 0 Å². The summed E-state index contributed by atoms with van der Waals surface area (Å²) < 4.78 is 0. The Morgan fingerprint density at radius 3 is 2.08 bits per heavy atom. The molecule has 24 heavy (non-hydrogen) atoms. The summed E-state index contributed by atoms with van der Waals surface area (Å²) in [4.78, 5) is 2.09. The molecule has 0 amide bonds. The van der Waals surface area contributed by atoms with Crippen LogP contribution in [0, 0.1) is 5.92 Å². The van der Waals surface area contributed by atoms with Crippen molar-refractivity contribution in [3.8, 4) is 0 Å². The maximum Gasteiger partial charge on any atom is 0.0260 e. The van der Waals surface area contributed by atoms with Crippen LogP contribution in [0.2, 0.25) is 0 Å². The van der Waals surface area contributed by atoms with Gasteiger partial charge in [-0.15, -0.1) is 13.2 Å². The molecule has 1 nitrogen and oxygen atoms in total. The molecule has 1 heteroatoms. The van der Waals surface area contributed by atoms with E-state index < -0.39 is 0 Å². The molecule has 1 unspecified atom stereocenters. The van der Waals surface area contributed by atoms with Crippen molar-refractivity contribution in [2.45, 2.75) is 54.4 Å². The lowest BCUT2D eigenvalue weighted by Gasteiger charge is -2.29. The average molecular weight is 328 g/mol. The zero-order valence-electron chi connectivity index (χ0n) is 16.8. The van der Waals surface area contributed by atoms with Crippen LogP contribution >= 0.6 is 0 Å². The Bertz CT molecular complexity index is 514. The Hall–Kier alpha value is -2.02. The molecule has 134 valence electrons. The van der Waals surface area contributed by atoms with Crippen molar-refractivity contribution >= 4 is 0 Å². The van der Waals surface area contributed by atoms with Crippen molar-refractivity contribution in [2.24, 2.45) is 5.92 Å². The first-order chi connectivity index (χ1) is 11.4. The van der Waals surface area contributed by atoms with Crippen molar-refractivity contribution < 1.29 is 0 Å². The van der Waals surface area contributed by atoms with Crippen LogP contribution in [0.5, 0.6) is 0 Å². The standard InChI is InChI=1S/C19H27N.C2H6.C2H4/c1-8-20(15(4)5)19(17(7)14(2)3)13-18-11-9-16(6)10-12-18;2*1-2/h8-11,18H,1-2,4,12-13H2,3,5-7H3;1-2H3;1-2H2/b19-17+;;. The van der Waals surface area contributed by atoms with Gasteiger partial charge in [0, 0.05) is 17.6 Å². The molecule has 0 aromatic rings. The van der Waals surface area contributed by atoms with E-state index in [0.29, 0.717) is 5.92 Å². The van der Waals surface area contributed by atoms with E-state index in [1.165, 1.54) is 16.8 Å². The Labute approximate surface area is 151 Å². The maximum atomic E-state index is 4.08. The smallest absolute Gasteiger partial charge is 0.0260 e. The normalized spacial score (nSPS) is 16.2. The molecule has 0 saturated carbocycles. The minimum Gasteiger partial charge on any atom is -0.326 e. The summed E-state index contributed by atoms with van der Waals surface area (Å²) in [5.74, 6) is 0.532. The predicted molar refractivity (Wildman–Crippen MR) is 113 cm³/mol. The highest BCUT2D eigenvalue weighted by atomic mass is 15.1. The summed E-state index contributed by atoms with van der Waals surface area (Å²) >= 11 is 0. The van der Waals surface area contributed by atoms with Gasteiger partial charge in [0.25, 0.3) is 0 Å². The summed E-state index contributed by atoms with van der Waals surface area (Å²) in [6.45, 7) is 30.4. The highest BCUT2D eigenvalue weighted by Crippen LogP contribution is 2.30. The summed E-state index contributed by atoms with van der Waals surface area (Å²) in [7, 11) is 0. The molecule has 0 saturated heterocycles. The molecule has 0 aromatic heterocycles. The largest absolute Gasteiger partial charge is 0.326 e. The van der Waals surface area contributed by atoms with E-state index in [0.717, 1.165) is 24.1 Å². The first kappa shape index (κ1) is 24.2. The highest BCUT2D eigenvalue weighted by Gasteiger charge is 2.17. The third-order valence-corrected chi connectivity index (χ3v) is 3.79. The fourth-order valence-electron chi connectivity index (χ4n) is 2.35. The van der Waals surface area contributed by atoms with E-state index in [4.69, 9.17) is 0 Å². The zero-order valence-corrected chi connectivity index (χ0v) is 16.8. The lowest BCUT2D eigenvalue weighted by Crippen LogP contribution is -2.18. The number of hydrogen-bond donors (Lipinski definition) is 0. The van der Waals surface area contributed by atoms with Gasteiger partial charge in [0.05, 0.1) is 0 Å². The van der Waals surface area contributed by atoms with Crippen molar-refractivity contribution in [3.05, 3.63) is 85.4 Å². The fourth-order valence-corrected chi connectivity index (χ4v) is 2.35. The van der Waals surface area contributed by atoms with Crippen LogP contribution < -0.4 is 0 Å². The Balaban J connectivity index is 0. The topological polar surface area (TPSA) is 3.24 Å². The van der Waals surface area contributed by atoms with Gasteiger partial charge in [-0.1, -0.05) is 63.0 Å². The zero-order chi connectivity index (χ0) is 19.3.